The van der Waals surface area contributed by atoms with Crippen LogP contribution in [0.5, 0.6) is 0 Å². The van der Waals surface area contributed by atoms with Crippen molar-refractivity contribution in [2.75, 3.05) is 11.5 Å². The van der Waals surface area contributed by atoms with Gasteiger partial charge in [0.2, 0.25) is 0 Å². The molecule has 17 heavy (non-hydrogen) atoms. The lowest BCUT2D eigenvalue weighted by Gasteiger charge is -2.33. The van der Waals surface area contributed by atoms with E-state index in [0.29, 0.717) is 17.5 Å². The van der Waals surface area contributed by atoms with E-state index in [9.17, 15) is 8.42 Å². The lowest BCUT2D eigenvalue weighted by Crippen LogP contribution is -2.47. The van der Waals surface area contributed by atoms with E-state index in [1.807, 2.05) is 0 Å². The van der Waals surface area contributed by atoms with Crippen LogP contribution in [0.4, 0.5) is 0 Å². The van der Waals surface area contributed by atoms with Gasteiger partial charge in [-0.15, -0.1) is 0 Å². The van der Waals surface area contributed by atoms with Gasteiger partial charge >= 0.3 is 0 Å². The SMILES string of the molecule is CC(NC1CCCS(=O)(=O)C1)C1CCCCC1. The van der Waals surface area contributed by atoms with E-state index in [1.165, 1.54) is 32.1 Å². The van der Waals surface area contributed by atoms with Crippen LogP contribution >= 0.6 is 0 Å². The first-order valence-electron chi connectivity index (χ1n) is 7.03. The minimum absolute atomic E-state index is 0.200. The van der Waals surface area contributed by atoms with Crippen LogP contribution in [0, 0.1) is 5.92 Å². The molecule has 2 aliphatic rings. The molecular formula is C13H25NO2S. The number of hydrogen-bond donors (Lipinski definition) is 1. The summed E-state index contributed by atoms with van der Waals surface area (Å²) in [7, 11) is -2.77. The largest absolute Gasteiger partial charge is 0.310 e. The summed E-state index contributed by atoms with van der Waals surface area (Å²) in [5.74, 6) is 1.50. The van der Waals surface area contributed by atoms with E-state index in [1.54, 1.807) is 0 Å². The first kappa shape index (κ1) is 13.3. The van der Waals surface area contributed by atoms with Crippen molar-refractivity contribution in [2.45, 2.75) is 64.0 Å². The monoisotopic (exact) mass is 259 g/mol. The smallest absolute Gasteiger partial charge is 0.151 e. The molecule has 1 aliphatic heterocycles. The fraction of sp³-hybridized carbons (Fsp3) is 1.00. The Morgan fingerprint density at radius 1 is 1.06 bits per heavy atom. The van der Waals surface area contributed by atoms with Gasteiger partial charge in [-0.3, -0.25) is 0 Å². The third-order valence-electron chi connectivity index (χ3n) is 4.32. The zero-order chi connectivity index (χ0) is 12.3. The van der Waals surface area contributed by atoms with Gasteiger partial charge in [0.1, 0.15) is 0 Å². The summed E-state index contributed by atoms with van der Waals surface area (Å²) >= 11 is 0. The molecule has 0 bridgehead atoms. The molecule has 2 rings (SSSR count). The molecule has 0 aromatic heterocycles. The van der Waals surface area contributed by atoms with E-state index in [2.05, 4.69) is 12.2 Å². The van der Waals surface area contributed by atoms with Crippen molar-refractivity contribution in [3.05, 3.63) is 0 Å². The van der Waals surface area contributed by atoms with Crippen LogP contribution in [0.15, 0.2) is 0 Å². The van der Waals surface area contributed by atoms with Gasteiger partial charge in [0.25, 0.3) is 0 Å². The van der Waals surface area contributed by atoms with E-state index < -0.39 is 9.84 Å². The number of sulfone groups is 1. The first-order valence-corrected chi connectivity index (χ1v) is 8.85. The second kappa shape index (κ2) is 5.70. The predicted octanol–water partition coefficient (Wildman–Crippen LogP) is 2.12. The normalized spacial score (nSPS) is 32.2. The van der Waals surface area contributed by atoms with Crippen molar-refractivity contribution >= 4 is 9.84 Å². The topological polar surface area (TPSA) is 46.2 Å². The lowest BCUT2D eigenvalue weighted by molar-refractivity contribution is 0.263. The maximum atomic E-state index is 11.6. The van der Waals surface area contributed by atoms with Crippen molar-refractivity contribution in [3.63, 3.8) is 0 Å². The summed E-state index contributed by atoms with van der Waals surface area (Å²) in [6.45, 7) is 2.23. The Balaban J connectivity index is 1.83. The molecule has 0 aromatic rings. The summed E-state index contributed by atoms with van der Waals surface area (Å²) in [6, 6.07) is 0.680. The molecule has 0 amide bonds. The van der Waals surface area contributed by atoms with Gasteiger partial charge in [-0.25, -0.2) is 8.42 Å². The summed E-state index contributed by atoms with van der Waals surface area (Å²) in [5.41, 5.74) is 0. The quantitative estimate of drug-likeness (QED) is 0.844. The molecular weight excluding hydrogens is 234 g/mol. The van der Waals surface area contributed by atoms with Crippen LogP contribution in [0.2, 0.25) is 0 Å². The van der Waals surface area contributed by atoms with E-state index in [0.717, 1.165) is 18.8 Å². The Morgan fingerprint density at radius 3 is 2.41 bits per heavy atom. The second-order valence-corrected chi connectivity index (χ2v) is 8.04. The van der Waals surface area contributed by atoms with Crippen LogP contribution in [0.25, 0.3) is 0 Å². The van der Waals surface area contributed by atoms with Gasteiger partial charge in [0, 0.05) is 12.1 Å². The molecule has 1 aliphatic carbocycles. The molecule has 0 spiro atoms. The number of hydrogen-bond acceptors (Lipinski definition) is 3. The predicted molar refractivity (Wildman–Crippen MR) is 70.8 cm³/mol. The van der Waals surface area contributed by atoms with Crippen LogP contribution in [-0.4, -0.2) is 32.0 Å². The Morgan fingerprint density at radius 2 is 1.76 bits per heavy atom. The van der Waals surface area contributed by atoms with Gasteiger partial charge in [-0.05, 0) is 38.5 Å². The summed E-state index contributed by atoms with van der Waals surface area (Å²) < 4.78 is 23.2. The highest BCUT2D eigenvalue weighted by atomic mass is 32.2. The minimum Gasteiger partial charge on any atom is -0.310 e. The highest BCUT2D eigenvalue weighted by Crippen LogP contribution is 2.27. The number of nitrogens with one attached hydrogen (secondary N) is 1. The third kappa shape index (κ3) is 3.95. The minimum atomic E-state index is -2.77. The Hall–Kier alpha value is -0.0900. The van der Waals surface area contributed by atoms with Gasteiger partial charge < -0.3 is 5.32 Å². The Kier molecular flexibility index (Phi) is 4.47. The van der Waals surface area contributed by atoms with Gasteiger partial charge in [-0.1, -0.05) is 19.3 Å². The lowest BCUT2D eigenvalue weighted by atomic mass is 9.84. The molecule has 4 heteroatoms. The highest BCUT2D eigenvalue weighted by Gasteiger charge is 2.28. The third-order valence-corrected chi connectivity index (χ3v) is 6.14. The van der Waals surface area contributed by atoms with Gasteiger partial charge in [0.15, 0.2) is 9.84 Å². The molecule has 1 heterocycles. The molecule has 0 radical (unpaired) electrons. The maximum absolute atomic E-state index is 11.6. The van der Waals surface area contributed by atoms with Crippen LogP contribution < -0.4 is 5.32 Å². The Bertz CT molecular complexity index is 333. The molecule has 1 saturated carbocycles. The maximum Gasteiger partial charge on any atom is 0.151 e. The summed E-state index contributed by atoms with van der Waals surface area (Å²) in [6.07, 6.45) is 8.55. The standard InChI is InChI=1S/C13H25NO2S/c1-11(12-6-3-2-4-7-12)14-13-8-5-9-17(15,16)10-13/h11-14H,2-10H2,1H3. The highest BCUT2D eigenvalue weighted by molar-refractivity contribution is 7.91. The zero-order valence-electron chi connectivity index (χ0n) is 10.8. The molecule has 0 aromatic carbocycles. The molecule has 2 fully saturated rings. The number of rotatable bonds is 3. The molecule has 100 valence electrons. The molecule has 2 atom stereocenters. The molecule has 1 saturated heterocycles. The second-order valence-electron chi connectivity index (χ2n) is 5.81. The molecule has 2 unspecified atom stereocenters. The van der Waals surface area contributed by atoms with Gasteiger partial charge in [-0.2, -0.15) is 0 Å². The van der Waals surface area contributed by atoms with Crippen molar-refractivity contribution in [1.29, 1.82) is 0 Å². The summed E-state index contributed by atoms with van der Waals surface area (Å²) in [4.78, 5) is 0. The fourth-order valence-corrected chi connectivity index (χ4v) is 4.95. The van der Waals surface area contributed by atoms with E-state index >= 15 is 0 Å². The van der Waals surface area contributed by atoms with Crippen LogP contribution in [-0.2, 0) is 9.84 Å². The fourth-order valence-electron chi connectivity index (χ4n) is 3.30. The summed E-state index contributed by atoms with van der Waals surface area (Å²) in [5, 5.41) is 3.56. The Labute approximate surface area is 105 Å². The average molecular weight is 259 g/mol. The van der Waals surface area contributed by atoms with Gasteiger partial charge in [0.05, 0.1) is 11.5 Å². The van der Waals surface area contributed by atoms with Crippen molar-refractivity contribution in [3.8, 4) is 0 Å². The van der Waals surface area contributed by atoms with Crippen LogP contribution in [0.1, 0.15) is 51.9 Å². The molecule has 1 N–H and O–H groups in total. The zero-order valence-corrected chi connectivity index (χ0v) is 11.6. The van der Waals surface area contributed by atoms with E-state index in [4.69, 9.17) is 0 Å². The first-order chi connectivity index (χ1) is 8.07. The van der Waals surface area contributed by atoms with E-state index in [-0.39, 0.29) is 6.04 Å². The average Bonchev–Trinajstić information content (AvgIpc) is 2.29. The molecule has 3 nitrogen and oxygen atoms in total. The van der Waals surface area contributed by atoms with Crippen molar-refractivity contribution in [2.24, 2.45) is 5.92 Å². The van der Waals surface area contributed by atoms with Crippen LogP contribution in [0.3, 0.4) is 0 Å². The van der Waals surface area contributed by atoms with Crippen molar-refractivity contribution < 1.29 is 8.42 Å². The van der Waals surface area contributed by atoms with Crippen molar-refractivity contribution in [1.82, 2.24) is 5.32 Å².